The van der Waals surface area contributed by atoms with E-state index in [1.807, 2.05) is 62.4 Å². The number of benzene rings is 3. The summed E-state index contributed by atoms with van der Waals surface area (Å²) in [5.74, 6) is -1.67. The molecule has 2 aromatic heterocycles. The summed E-state index contributed by atoms with van der Waals surface area (Å²) in [5, 5.41) is 3.85. The molecule has 1 aliphatic rings. The zero-order chi connectivity index (χ0) is 34.9. The smallest absolute Gasteiger partial charge is 0.341 e. The SMILES string of the molecule is CCOC(=O)c1c(NC(=O)COC(=O)c2c3c(nc4ccccc24)/C(=C\c2ccc(C(C)(C)C)cc2)CC3)sc(C)c1-c1ccc(C)cc1. The summed E-state index contributed by atoms with van der Waals surface area (Å²) >= 11 is 1.29. The second-order valence-corrected chi connectivity index (χ2v) is 14.5. The molecule has 250 valence electrons. The van der Waals surface area contributed by atoms with Crippen molar-refractivity contribution in [3.8, 4) is 11.1 Å². The molecule has 0 saturated heterocycles. The number of hydrogen-bond acceptors (Lipinski definition) is 7. The fourth-order valence-electron chi connectivity index (χ4n) is 6.26. The first-order valence-electron chi connectivity index (χ1n) is 16.5. The maximum atomic E-state index is 13.8. The molecule has 8 heteroatoms. The van der Waals surface area contributed by atoms with Crippen molar-refractivity contribution in [2.24, 2.45) is 0 Å². The van der Waals surface area contributed by atoms with E-state index in [0.717, 1.165) is 44.8 Å². The molecule has 1 amide bonds. The molecule has 0 bridgehead atoms. The van der Waals surface area contributed by atoms with E-state index in [9.17, 15) is 14.4 Å². The lowest BCUT2D eigenvalue weighted by atomic mass is 9.86. The lowest BCUT2D eigenvalue weighted by Crippen LogP contribution is -2.22. The van der Waals surface area contributed by atoms with E-state index in [1.54, 1.807) is 6.92 Å². The van der Waals surface area contributed by atoms with Crippen LogP contribution in [0.4, 0.5) is 5.00 Å². The number of fused-ring (bicyclic) bond motifs is 2. The number of carbonyl (C=O) groups is 3. The van der Waals surface area contributed by atoms with Gasteiger partial charge in [-0.15, -0.1) is 11.3 Å². The molecule has 1 aliphatic carbocycles. The Kier molecular flexibility index (Phi) is 9.52. The van der Waals surface area contributed by atoms with Gasteiger partial charge in [-0.25, -0.2) is 14.6 Å². The molecule has 0 fully saturated rings. The van der Waals surface area contributed by atoms with Crippen molar-refractivity contribution < 1.29 is 23.9 Å². The van der Waals surface area contributed by atoms with Gasteiger partial charge in [0.2, 0.25) is 0 Å². The van der Waals surface area contributed by atoms with Crippen LogP contribution in [0.15, 0.2) is 72.8 Å². The number of esters is 2. The Bertz CT molecular complexity index is 2100. The number of nitrogens with one attached hydrogen (secondary N) is 1. The van der Waals surface area contributed by atoms with E-state index >= 15 is 0 Å². The van der Waals surface area contributed by atoms with Gasteiger partial charge in [0.25, 0.3) is 5.91 Å². The molecule has 6 rings (SSSR count). The number of thiophene rings is 1. The molecular weight excluding hydrogens is 633 g/mol. The summed E-state index contributed by atoms with van der Waals surface area (Å²) in [6.45, 7) is 11.9. The number of carbonyl (C=O) groups excluding carboxylic acids is 3. The molecule has 5 aromatic rings. The molecule has 0 saturated carbocycles. The molecule has 0 spiro atoms. The first-order valence-corrected chi connectivity index (χ1v) is 17.3. The molecule has 0 aliphatic heterocycles. The Balaban J connectivity index is 1.25. The number of para-hydroxylation sites is 1. The Labute approximate surface area is 291 Å². The van der Waals surface area contributed by atoms with Crippen molar-refractivity contribution in [1.29, 1.82) is 0 Å². The Morgan fingerprint density at radius 1 is 0.878 bits per heavy atom. The van der Waals surface area contributed by atoms with Crippen LogP contribution >= 0.6 is 11.3 Å². The van der Waals surface area contributed by atoms with Crippen LogP contribution in [0.3, 0.4) is 0 Å². The van der Waals surface area contributed by atoms with Gasteiger partial charge in [0.05, 0.1) is 23.4 Å². The van der Waals surface area contributed by atoms with Gasteiger partial charge in [-0.3, -0.25) is 4.79 Å². The number of aromatic nitrogens is 1. The van der Waals surface area contributed by atoms with E-state index in [1.165, 1.54) is 16.9 Å². The van der Waals surface area contributed by atoms with Crippen molar-refractivity contribution in [3.63, 3.8) is 0 Å². The number of nitrogens with zero attached hydrogens (tertiary/aromatic N) is 1. The summed E-state index contributed by atoms with van der Waals surface area (Å²) < 4.78 is 11.0. The molecular formula is C41H40N2O5S. The number of rotatable bonds is 8. The molecule has 49 heavy (non-hydrogen) atoms. The average molecular weight is 673 g/mol. The monoisotopic (exact) mass is 672 g/mol. The van der Waals surface area contributed by atoms with Crippen LogP contribution in [0.2, 0.25) is 0 Å². The van der Waals surface area contributed by atoms with Gasteiger partial charge >= 0.3 is 11.9 Å². The minimum atomic E-state index is -0.589. The van der Waals surface area contributed by atoms with Crippen molar-refractivity contribution in [2.45, 2.75) is 59.8 Å². The van der Waals surface area contributed by atoms with E-state index in [4.69, 9.17) is 14.5 Å². The normalized spacial score (nSPS) is 13.4. The number of ether oxygens (including phenoxy) is 2. The van der Waals surface area contributed by atoms with E-state index in [-0.39, 0.29) is 17.6 Å². The number of anilines is 1. The van der Waals surface area contributed by atoms with E-state index in [2.05, 4.69) is 56.4 Å². The highest BCUT2D eigenvalue weighted by Gasteiger charge is 2.29. The predicted octanol–water partition coefficient (Wildman–Crippen LogP) is 9.34. The summed E-state index contributed by atoms with van der Waals surface area (Å²) in [7, 11) is 0. The standard InChI is InChI=1S/C41H40N2O5S/c1-7-47-40(46)36-34(27-16-12-24(2)13-17-27)25(3)49-38(36)43-33(44)23-48-39(45)35-30-10-8-9-11-32(30)42-37-28(18-21-31(35)37)22-26-14-19-29(20-15-26)41(4,5)6/h8-17,19-20,22H,7,18,21,23H2,1-6H3,(H,43,44)/b28-22-. The summed E-state index contributed by atoms with van der Waals surface area (Å²) in [6.07, 6.45) is 3.50. The van der Waals surface area contributed by atoms with Crippen LogP contribution in [0.25, 0.3) is 33.7 Å². The summed E-state index contributed by atoms with van der Waals surface area (Å²) in [5.41, 5.74) is 9.12. The first-order chi connectivity index (χ1) is 23.4. The van der Waals surface area contributed by atoms with Crippen LogP contribution in [0.5, 0.6) is 0 Å². The van der Waals surface area contributed by atoms with Gasteiger partial charge in [-0.05, 0) is 79.0 Å². The number of hydrogen-bond donors (Lipinski definition) is 1. The lowest BCUT2D eigenvalue weighted by molar-refractivity contribution is -0.119. The second-order valence-electron chi connectivity index (χ2n) is 13.3. The van der Waals surface area contributed by atoms with Gasteiger partial charge in [0, 0.05) is 15.8 Å². The number of aryl methyl sites for hydroxylation is 2. The van der Waals surface area contributed by atoms with Gasteiger partial charge in [-0.2, -0.15) is 0 Å². The highest BCUT2D eigenvalue weighted by atomic mass is 32.1. The van der Waals surface area contributed by atoms with Crippen LogP contribution in [-0.2, 0) is 26.1 Å². The topological polar surface area (TPSA) is 94.6 Å². The minimum absolute atomic E-state index is 0.0640. The first kappa shape index (κ1) is 33.8. The third-order valence-corrected chi connectivity index (χ3v) is 9.78. The molecule has 3 aromatic carbocycles. The fraction of sp³-hybridized carbons (Fsp3) is 0.268. The number of amides is 1. The summed E-state index contributed by atoms with van der Waals surface area (Å²) in [4.78, 5) is 46.0. The molecule has 2 heterocycles. The zero-order valence-corrected chi connectivity index (χ0v) is 29.5. The van der Waals surface area contributed by atoms with Crippen molar-refractivity contribution >= 4 is 56.7 Å². The fourth-order valence-corrected chi connectivity index (χ4v) is 7.34. The third kappa shape index (κ3) is 7.06. The average Bonchev–Trinajstić information content (AvgIpc) is 3.62. The highest BCUT2D eigenvalue weighted by Crippen LogP contribution is 2.41. The number of allylic oxidation sites excluding steroid dienone is 1. The second kappa shape index (κ2) is 13.8. The lowest BCUT2D eigenvalue weighted by Gasteiger charge is -2.18. The van der Waals surface area contributed by atoms with Crippen LogP contribution in [0.1, 0.15) is 87.7 Å². The summed E-state index contributed by atoms with van der Waals surface area (Å²) in [6, 6.07) is 23.9. The molecule has 0 atom stereocenters. The molecule has 0 radical (unpaired) electrons. The number of pyridine rings is 1. The van der Waals surface area contributed by atoms with E-state index < -0.39 is 24.5 Å². The quantitative estimate of drug-likeness (QED) is 0.165. The van der Waals surface area contributed by atoms with Gasteiger partial charge in [0.15, 0.2) is 6.61 Å². The van der Waals surface area contributed by atoms with Gasteiger partial charge in [0.1, 0.15) is 10.6 Å². The Hall–Kier alpha value is -5.08. The zero-order valence-electron chi connectivity index (χ0n) is 28.7. The Morgan fingerprint density at radius 2 is 1.57 bits per heavy atom. The van der Waals surface area contributed by atoms with E-state index in [0.29, 0.717) is 33.5 Å². The molecule has 1 N–H and O–H groups in total. The maximum absolute atomic E-state index is 13.8. The molecule has 0 unspecified atom stereocenters. The molecule has 7 nitrogen and oxygen atoms in total. The largest absolute Gasteiger partial charge is 0.462 e. The van der Waals surface area contributed by atoms with Crippen LogP contribution < -0.4 is 5.32 Å². The van der Waals surface area contributed by atoms with Crippen LogP contribution in [-0.4, -0.2) is 36.0 Å². The predicted molar refractivity (Wildman–Crippen MR) is 197 cm³/mol. The van der Waals surface area contributed by atoms with Gasteiger partial charge in [-0.1, -0.05) is 93.1 Å². The highest BCUT2D eigenvalue weighted by molar-refractivity contribution is 7.17. The Morgan fingerprint density at radius 3 is 2.27 bits per heavy atom. The van der Waals surface area contributed by atoms with Crippen molar-refractivity contribution in [2.75, 3.05) is 18.5 Å². The van der Waals surface area contributed by atoms with Crippen molar-refractivity contribution in [3.05, 3.63) is 117 Å². The minimum Gasteiger partial charge on any atom is -0.462 e. The van der Waals surface area contributed by atoms with Crippen molar-refractivity contribution in [1.82, 2.24) is 4.98 Å². The van der Waals surface area contributed by atoms with Crippen LogP contribution in [0, 0.1) is 13.8 Å². The maximum Gasteiger partial charge on any atom is 0.341 e. The van der Waals surface area contributed by atoms with Gasteiger partial charge < -0.3 is 14.8 Å². The third-order valence-electron chi connectivity index (χ3n) is 8.75.